The van der Waals surface area contributed by atoms with Crippen molar-refractivity contribution in [3.8, 4) is 16.8 Å². The van der Waals surface area contributed by atoms with Crippen molar-refractivity contribution in [2.45, 2.75) is 18.5 Å². The van der Waals surface area contributed by atoms with E-state index in [0.29, 0.717) is 0 Å². The molecule has 3 N–H and O–H groups in total. The summed E-state index contributed by atoms with van der Waals surface area (Å²) in [4.78, 5) is 0. The van der Waals surface area contributed by atoms with Crippen LogP contribution in [0.4, 0.5) is 0 Å². The van der Waals surface area contributed by atoms with E-state index in [2.05, 4.69) is 203 Å². The molecule has 0 amide bonds. The minimum Gasteiger partial charge on any atom is -0.456 e. The lowest BCUT2D eigenvalue weighted by Gasteiger charge is -2.39. The van der Waals surface area contributed by atoms with Gasteiger partial charge < -0.3 is 13.4 Å². The van der Waals surface area contributed by atoms with Crippen LogP contribution < -0.4 is 16.0 Å². The Labute approximate surface area is 327 Å². The van der Waals surface area contributed by atoms with E-state index in [1.165, 1.54) is 21.9 Å². The Bertz CT molecular complexity index is 3210. The quantitative estimate of drug-likeness (QED) is 0.164. The lowest BCUT2D eigenvalue weighted by Crippen LogP contribution is -2.54. The molecule has 6 heteroatoms. The second-order valence-corrected chi connectivity index (χ2v) is 15.0. The first-order valence-electron chi connectivity index (χ1n) is 19.5. The molecule has 1 fully saturated rings. The topological polar surface area (TPSA) is 67.3 Å². The summed E-state index contributed by atoms with van der Waals surface area (Å²) in [5.41, 5.74) is 12.5. The van der Waals surface area contributed by atoms with Crippen LogP contribution in [0.25, 0.3) is 82.5 Å². The van der Waals surface area contributed by atoms with Crippen molar-refractivity contribution in [3.63, 3.8) is 0 Å². The minimum absolute atomic E-state index is 0.0778. The normalized spacial score (nSPS) is 17.4. The van der Waals surface area contributed by atoms with Crippen molar-refractivity contribution < 1.29 is 8.83 Å². The molecule has 11 aromatic rings. The first kappa shape index (κ1) is 32.3. The van der Waals surface area contributed by atoms with Crippen LogP contribution in [0.2, 0.25) is 0 Å². The van der Waals surface area contributed by atoms with Crippen LogP contribution in [0.15, 0.2) is 191 Å². The predicted molar refractivity (Wildman–Crippen MR) is 231 cm³/mol. The number of para-hydroxylation sites is 3. The molecule has 1 aliphatic rings. The Morgan fingerprint density at radius 2 is 0.982 bits per heavy atom. The van der Waals surface area contributed by atoms with Crippen LogP contribution in [-0.2, 0) is 0 Å². The molecule has 2 atom stereocenters. The van der Waals surface area contributed by atoms with Crippen LogP contribution >= 0.6 is 0 Å². The first-order valence-corrected chi connectivity index (χ1v) is 19.5. The summed E-state index contributed by atoms with van der Waals surface area (Å²) in [6.45, 7) is 0. The van der Waals surface area contributed by atoms with Gasteiger partial charge in [0.25, 0.3) is 0 Å². The fourth-order valence-corrected chi connectivity index (χ4v) is 9.19. The number of hydrogen-bond donors (Lipinski definition) is 3. The van der Waals surface area contributed by atoms with Crippen LogP contribution in [0.5, 0.6) is 0 Å². The monoisotopic (exact) mass is 736 g/mol. The van der Waals surface area contributed by atoms with Gasteiger partial charge in [0, 0.05) is 32.3 Å². The first-order chi connectivity index (χ1) is 28.3. The average molecular weight is 737 g/mol. The van der Waals surface area contributed by atoms with Gasteiger partial charge in [-0.25, -0.2) is 0 Å². The molecule has 0 saturated carbocycles. The van der Waals surface area contributed by atoms with Crippen LogP contribution in [0, 0.1) is 0 Å². The summed E-state index contributed by atoms with van der Waals surface area (Å²) < 4.78 is 15.8. The van der Waals surface area contributed by atoms with E-state index in [0.717, 1.165) is 77.3 Å². The highest BCUT2D eigenvalue weighted by atomic mass is 16.3. The third-order valence-electron chi connectivity index (χ3n) is 11.7. The van der Waals surface area contributed by atoms with Crippen molar-refractivity contribution in [1.82, 2.24) is 20.5 Å². The summed E-state index contributed by atoms with van der Waals surface area (Å²) >= 11 is 0. The molecule has 12 rings (SSSR count). The van der Waals surface area contributed by atoms with Gasteiger partial charge in [-0.05, 0) is 70.3 Å². The fourth-order valence-electron chi connectivity index (χ4n) is 9.19. The van der Waals surface area contributed by atoms with Crippen molar-refractivity contribution in [3.05, 3.63) is 199 Å². The number of hydrogen-bond acceptors (Lipinski definition) is 5. The number of rotatable bonds is 5. The number of fused-ring (bicyclic) bond motifs is 9. The Hall–Kier alpha value is -6.96. The predicted octanol–water partition coefficient (Wildman–Crippen LogP) is 12.4. The standard InChI is InChI=1S/C51H36N4O2/c1-3-14-31(15-4-1)49-52-50(32-16-5-2-6-17-32)54-51(53-49)38-22-13-26-44-47(38)39-30-33(28-29-43(39)56-44)34-20-12-27-45-46(34)37-21-11-25-42(48(37)57-45)55-40-23-9-7-18-35(40)36-19-8-10-24-41(36)55/h1-30,49-54H. The van der Waals surface area contributed by atoms with Crippen LogP contribution in [-0.4, -0.2) is 4.57 Å². The highest BCUT2D eigenvalue weighted by Gasteiger charge is 2.31. The largest absolute Gasteiger partial charge is 0.456 e. The maximum absolute atomic E-state index is 6.84. The third-order valence-corrected chi connectivity index (χ3v) is 11.7. The molecule has 8 aromatic carbocycles. The number of furan rings is 2. The number of nitrogens with one attached hydrogen (secondary N) is 3. The second kappa shape index (κ2) is 12.8. The maximum Gasteiger partial charge on any atom is 0.159 e. The summed E-state index contributed by atoms with van der Waals surface area (Å²) in [6, 6.07) is 64.2. The molecule has 6 nitrogen and oxygen atoms in total. The Balaban J connectivity index is 1.02. The molecule has 3 aromatic heterocycles. The smallest absolute Gasteiger partial charge is 0.159 e. The zero-order chi connectivity index (χ0) is 37.5. The molecule has 1 saturated heterocycles. The molecule has 2 unspecified atom stereocenters. The van der Waals surface area contributed by atoms with E-state index in [-0.39, 0.29) is 18.5 Å². The van der Waals surface area contributed by atoms with Crippen molar-refractivity contribution in [2.75, 3.05) is 0 Å². The molecular weight excluding hydrogens is 701 g/mol. The molecule has 57 heavy (non-hydrogen) atoms. The zero-order valence-corrected chi connectivity index (χ0v) is 30.8. The van der Waals surface area contributed by atoms with E-state index in [1.807, 2.05) is 0 Å². The number of benzene rings is 8. The highest BCUT2D eigenvalue weighted by molar-refractivity contribution is 6.17. The number of nitrogens with zero attached hydrogens (tertiary/aromatic N) is 1. The van der Waals surface area contributed by atoms with E-state index >= 15 is 0 Å². The van der Waals surface area contributed by atoms with Crippen molar-refractivity contribution in [1.29, 1.82) is 0 Å². The van der Waals surface area contributed by atoms with Gasteiger partial charge in [0.05, 0.1) is 35.2 Å². The van der Waals surface area contributed by atoms with Gasteiger partial charge >= 0.3 is 0 Å². The molecule has 0 aliphatic carbocycles. The zero-order valence-electron chi connectivity index (χ0n) is 30.8. The van der Waals surface area contributed by atoms with Crippen molar-refractivity contribution in [2.24, 2.45) is 0 Å². The summed E-state index contributed by atoms with van der Waals surface area (Å²) in [7, 11) is 0. The van der Waals surface area contributed by atoms with Gasteiger partial charge in [-0.1, -0.05) is 140 Å². The van der Waals surface area contributed by atoms with E-state index < -0.39 is 0 Å². The molecule has 0 spiro atoms. The molecule has 4 heterocycles. The third kappa shape index (κ3) is 5.09. The lowest BCUT2D eigenvalue weighted by atomic mass is 9.96. The molecule has 1 aliphatic heterocycles. The van der Waals surface area contributed by atoms with Gasteiger partial charge in [-0.2, -0.15) is 0 Å². The second-order valence-electron chi connectivity index (χ2n) is 15.0. The lowest BCUT2D eigenvalue weighted by molar-refractivity contribution is 0.204. The molecule has 0 bridgehead atoms. The molecule has 272 valence electrons. The molecule has 0 radical (unpaired) electrons. The van der Waals surface area contributed by atoms with Crippen LogP contribution in [0.1, 0.15) is 35.2 Å². The van der Waals surface area contributed by atoms with Gasteiger partial charge in [0.15, 0.2) is 5.58 Å². The number of aromatic nitrogens is 1. The fraction of sp³-hybridized carbons (Fsp3) is 0.0588. The van der Waals surface area contributed by atoms with Gasteiger partial charge in [-0.3, -0.25) is 16.0 Å². The summed E-state index contributed by atoms with van der Waals surface area (Å²) in [5, 5.41) is 18.4. The maximum atomic E-state index is 6.84. The van der Waals surface area contributed by atoms with Gasteiger partial charge in [0.2, 0.25) is 0 Å². The van der Waals surface area contributed by atoms with Gasteiger partial charge in [-0.15, -0.1) is 0 Å². The summed E-state index contributed by atoms with van der Waals surface area (Å²) in [6.07, 6.45) is -0.326. The Kier molecular flexibility index (Phi) is 7.25. The van der Waals surface area contributed by atoms with E-state index in [1.54, 1.807) is 0 Å². The SMILES string of the molecule is c1ccc(C2NC(c3ccccc3)NC(c3cccc4oc5ccc(-c6cccc7oc8c(-n9c%10ccccc%10c%10ccccc%109)cccc8c67)cc5c34)N2)cc1. The van der Waals surface area contributed by atoms with Crippen molar-refractivity contribution >= 4 is 65.7 Å². The highest BCUT2D eigenvalue weighted by Crippen LogP contribution is 2.43. The summed E-state index contributed by atoms with van der Waals surface area (Å²) in [5.74, 6) is 0. The molecular formula is C51H36N4O2. The van der Waals surface area contributed by atoms with E-state index in [9.17, 15) is 0 Å². The minimum atomic E-state index is -0.171. The average Bonchev–Trinajstić information content (AvgIpc) is 3.96. The Morgan fingerprint density at radius 1 is 0.404 bits per heavy atom. The Morgan fingerprint density at radius 3 is 1.68 bits per heavy atom. The van der Waals surface area contributed by atoms with Gasteiger partial charge in [0.1, 0.15) is 16.7 Å². The van der Waals surface area contributed by atoms with E-state index in [4.69, 9.17) is 8.83 Å². The van der Waals surface area contributed by atoms with Crippen LogP contribution in [0.3, 0.4) is 0 Å².